The summed E-state index contributed by atoms with van der Waals surface area (Å²) in [5, 5.41) is 3.24. The fourth-order valence-corrected chi connectivity index (χ4v) is 3.12. The van der Waals surface area contributed by atoms with E-state index in [0.29, 0.717) is 5.92 Å². The Labute approximate surface area is 121 Å². The molecular formula is C18H22N2. The number of hydrogen-bond donors (Lipinski definition) is 1. The summed E-state index contributed by atoms with van der Waals surface area (Å²) < 4.78 is 0. The van der Waals surface area contributed by atoms with Crippen LogP contribution >= 0.6 is 0 Å². The van der Waals surface area contributed by atoms with E-state index in [1.54, 1.807) is 0 Å². The molecule has 0 saturated heterocycles. The van der Waals surface area contributed by atoms with Gasteiger partial charge in [-0.2, -0.15) is 0 Å². The standard InChI is InChI=1S/C18H22N2/c1-19-13-7-8-15-14-20(16-9-3-2-4-10-16)18-12-6-5-11-17(15)18/h2-6,9-12,15,19H,7-8,13-14H2,1H3. The second-order valence-corrected chi connectivity index (χ2v) is 5.45. The van der Waals surface area contributed by atoms with E-state index in [1.165, 1.54) is 29.8 Å². The molecule has 0 fully saturated rings. The first-order chi connectivity index (χ1) is 9.90. The van der Waals surface area contributed by atoms with E-state index in [2.05, 4.69) is 64.8 Å². The number of benzene rings is 2. The highest BCUT2D eigenvalue weighted by molar-refractivity contribution is 5.71. The fraction of sp³-hybridized carbons (Fsp3) is 0.333. The molecule has 0 spiro atoms. The van der Waals surface area contributed by atoms with Crippen molar-refractivity contribution in [1.82, 2.24) is 5.32 Å². The van der Waals surface area contributed by atoms with Gasteiger partial charge in [0, 0.05) is 23.8 Å². The minimum atomic E-state index is 0.653. The van der Waals surface area contributed by atoms with Crippen molar-refractivity contribution >= 4 is 11.4 Å². The molecule has 3 rings (SSSR count). The third kappa shape index (κ3) is 2.56. The average Bonchev–Trinajstić information content (AvgIpc) is 2.88. The number of nitrogens with one attached hydrogen (secondary N) is 1. The Morgan fingerprint density at radius 3 is 2.60 bits per heavy atom. The van der Waals surface area contributed by atoms with Crippen molar-refractivity contribution in [2.24, 2.45) is 0 Å². The maximum atomic E-state index is 3.24. The van der Waals surface area contributed by atoms with Crippen molar-refractivity contribution in [2.45, 2.75) is 18.8 Å². The lowest BCUT2D eigenvalue weighted by molar-refractivity contribution is 0.597. The second-order valence-electron chi connectivity index (χ2n) is 5.45. The van der Waals surface area contributed by atoms with Crippen LogP contribution in [0.5, 0.6) is 0 Å². The van der Waals surface area contributed by atoms with E-state index in [-0.39, 0.29) is 0 Å². The Kier molecular flexibility index (Phi) is 4.03. The third-order valence-corrected chi connectivity index (χ3v) is 4.12. The summed E-state index contributed by atoms with van der Waals surface area (Å²) in [6.07, 6.45) is 2.49. The van der Waals surface area contributed by atoms with Crippen LogP contribution in [0, 0.1) is 0 Å². The molecule has 1 heterocycles. The number of hydrogen-bond acceptors (Lipinski definition) is 2. The molecule has 2 aromatic rings. The van der Waals surface area contributed by atoms with Crippen molar-refractivity contribution in [3.8, 4) is 0 Å². The quantitative estimate of drug-likeness (QED) is 0.825. The van der Waals surface area contributed by atoms with E-state index >= 15 is 0 Å². The Morgan fingerprint density at radius 1 is 1.05 bits per heavy atom. The topological polar surface area (TPSA) is 15.3 Å². The molecular weight excluding hydrogens is 244 g/mol. The average molecular weight is 266 g/mol. The summed E-state index contributed by atoms with van der Waals surface area (Å²) in [5.74, 6) is 0.653. The lowest BCUT2D eigenvalue weighted by atomic mass is 9.96. The second kappa shape index (κ2) is 6.10. The van der Waals surface area contributed by atoms with Crippen LogP contribution in [-0.4, -0.2) is 20.1 Å². The minimum absolute atomic E-state index is 0.653. The first-order valence-electron chi connectivity index (χ1n) is 7.46. The number of nitrogens with zero attached hydrogens (tertiary/aromatic N) is 1. The molecule has 2 nitrogen and oxygen atoms in total. The number of para-hydroxylation sites is 2. The van der Waals surface area contributed by atoms with Crippen molar-refractivity contribution in [2.75, 3.05) is 25.0 Å². The number of fused-ring (bicyclic) bond motifs is 1. The van der Waals surface area contributed by atoms with Crippen LogP contribution in [0.1, 0.15) is 24.3 Å². The zero-order chi connectivity index (χ0) is 13.8. The summed E-state index contributed by atoms with van der Waals surface area (Å²) in [4.78, 5) is 2.46. The van der Waals surface area contributed by atoms with Crippen LogP contribution in [0.15, 0.2) is 54.6 Å². The van der Waals surface area contributed by atoms with Gasteiger partial charge in [0.2, 0.25) is 0 Å². The van der Waals surface area contributed by atoms with Crippen molar-refractivity contribution in [1.29, 1.82) is 0 Å². The van der Waals surface area contributed by atoms with E-state index in [4.69, 9.17) is 0 Å². The van der Waals surface area contributed by atoms with E-state index in [9.17, 15) is 0 Å². The normalized spacial score (nSPS) is 17.2. The van der Waals surface area contributed by atoms with Gasteiger partial charge in [-0.05, 0) is 50.2 Å². The van der Waals surface area contributed by atoms with Crippen LogP contribution in [-0.2, 0) is 0 Å². The molecule has 104 valence electrons. The summed E-state index contributed by atoms with van der Waals surface area (Å²) >= 11 is 0. The molecule has 2 aromatic carbocycles. The van der Waals surface area contributed by atoms with Gasteiger partial charge in [-0.25, -0.2) is 0 Å². The first-order valence-corrected chi connectivity index (χ1v) is 7.46. The monoisotopic (exact) mass is 266 g/mol. The largest absolute Gasteiger partial charge is 0.341 e. The Hall–Kier alpha value is -1.80. The SMILES string of the molecule is CNCCCC1CN(c2ccccc2)c2ccccc21. The molecule has 1 unspecified atom stereocenters. The molecule has 0 bridgehead atoms. The smallest absolute Gasteiger partial charge is 0.0447 e. The molecule has 1 aliphatic heterocycles. The van der Waals surface area contributed by atoms with Crippen LogP contribution in [0.4, 0.5) is 11.4 Å². The Balaban J connectivity index is 1.85. The van der Waals surface area contributed by atoms with Crippen molar-refractivity contribution < 1.29 is 0 Å². The summed E-state index contributed by atoms with van der Waals surface area (Å²) in [5.41, 5.74) is 4.19. The summed E-state index contributed by atoms with van der Waals surface area (Å²) in [6.45, 7) is 2.21. The highest BCUT2D eigenvalue weighted by atomic mass is 15.2. The van der Waals surface area contributed by atoms with Crippen LogP contribution < -0.4 is 10.2 Å². The zero-order valence-corrected chi connectivity index (χ0v) is 12.0. The van der Waals surface area contributed by atoms with Crippen LogP contribution in [0.3, 0.4) is 0 Å². The molecule has 0 aliphatic carbocycles. The number of rotatable bonds is 5. The highest BCUT2D eigenvalue weighted by Crippen LogP contribution is 2.42. The van der Waals surface area contributed by atoms with E-state index < -0.39 is 0 Å². The lowest BCUT2D eigenvalue weighted by Crippen LogP contribution is -2.16. The van der Waals surface area contributed by atoms with Gasteiger partial charge >= 0.3 is 0 Å². The van der Waals surface area contributed by atoms with Gasteiger partial charge < -0.3 is 10.2 Å². The highest BCUT2D eigenvalue weighted by Gasteiger charge is 2.28. The molecule has 20 heavy (non-hydrogen) atoms. The van der Waals surface area contributed by atoms with Gasteiger partial charge in [0.25, 0.3) is 0 Å². The maximum absolute atomic E-state index is 3.24. The molecule has 2 heteroatoms. The van der Waals surface area contributed by atoms with Crippen LogP contribution in [0.25, 0.3) is 0 Å². The van der Waals surface area contributed by atoms with Crippen molar-refractivity contribution in [3.05, 3.63) is 60.2 Å². The zero-order valence-electron chi connectivity index (χ0n) is 12.0. The molecule has 0 radical (unpaired) electrons. The number of anilines is 2. The minimum Gasteiger partial charge on any atom is -0.341 e. The molecule has 1 aliphatic rings. The molecule has 0 amide bonds. The lowest BCUT2D eigenvalue weighted by Gasteiger charge is -2.20. The Morgan fingerprint density at radius 2 is 1.80 bits per heavy atom. The molecule has 1 N–H and O–H groups in total. The Bertz CT molecular complexity index is 550. The third-order valence-electron chi connectivity index (χ3n) is 4.12. The first kappa shape index (κ1) is 13.2. The van der Waals surface area contributed by atoms with E-state index in [0.717, 1.165) is 13.1 Å². The summed E-state index contributed by atoms with van der Waals surface area (Å²) in [6, 6.07) is 19.6. The van der Waals surface area contributed by atoms with Gasteiger partial charge in [0.05, 0.1) is 0 Å². The van der Waals surface area contributed by atoms with Gasteiger partial charge in [0.1, 0.15) is 0 Å². The maximum Gasteiger partial charge on any atom is 0.0447 e. The van der Waals surface area contributed by atoms with Gasteiger partial charge in [-0.1, -0.05) is 36.4 Å². The summed E-state index contributed by atoms with van der Waals surface area (Å²) in [7, 11) is 2.03. The predicted octanol–water partition coefficient (Wildman–Crippen LogP) is 3.92. The van der Waals surface area contributed by atoms with Gasteiger partial charge in [0.15, 0.2) is 0 Å². The van der Waals surface area contributed by atoms with Gasteiger partial charge in [-0.15, -0.1) is 0 Å². The molecule has 0 aromatic heterocycles. The predicted molar refractivity (Wildman–Crippen MR) is 85.8 cm³/mol. The molecule has 0 saturated carbocycles. The fourth-order valence-electron chi connectivity index (χ4n) is 3.12. The van der Waals surface area contributed by atoms with E-state index in [1.807, 2.05) is 7.05 Å². The molecule has 1 atom stereocenters. The van der Waals surface area contributed by atoms with Gasteiger partial charge in [-0.3, -0.25) is 0 Å². The van der Waals surface area contributed by atoms with Crippen molar-refractivity contribution in [3.63, 3.8) is 0 Å². The van der Waals surface area contributed by atoms with Crippen LogP contribution in [0.2, 0.25) is 0 Å².